The van der Waals surface area contributed by atoms with Gasteiger partial charge in [0, 0.05) is 24.5 Å². The summed E-state index contributed by atoms with van der Waals surface area (Å²) in [4.78, 5) is 34.2. The largest absolute Gasteiger partial charge is 0.378 e. The number of thioether (sulfide) groups is 1. The Hall–Kier alpha value is -2.84. The number of para-hydroxylation sites is 1. The lowest BCUT2D eigenvalue weighted by Crippen LogP contribution is -2.36. The fourth-order valence-electron chi connectivity index (χ4n) is 3.16. The number of carbonyl (C=O) groups excluding carboxylic acids is 1. The molecular formula is C21H22N4O3S. The van der Waals surface area contributed by atoms with Crippen molar-refractivity contribution < 1.29 is 9.53 Å². The molecule has 1 amide bonds. The van der Waals surface area contributed by atoms with Crippen molar-refractivity contribution in [1.29, 1.82) is 0 Å². The molecule has 1 atom stereocenters. The van der Waals surface area contributed by atoms with Crippen molar-refractivity contribution in [2.45, 2.75) is 17.3 Å². The first kappa shape index (κ1) is 19.5. The van der Waals surface area contributed by atoms with E-state index in [1.165, 1.54) is 11.8 Å². The van der Waals surface area contributed by atoms with Crippen molar-refractivity contribution in [3.05, 3.63) is 58.9 Å². The summed E-state index contributed by atoms with van der Waals surface area (Å²) < 4.78 is 5.38. The van der Waals surface area contributed by atoms with E-state index in [0.717, 1.165) is 37.7 Å². The molecule has 3 aromatic rings. The summed E-state index contributed by atoms with van der Waals surface area (Å²) in [6.45, 7) is 5.00. The van der Waals surface area contributed by atoms with Crippen molar-refractivity contribution in [2.75, 3.05) is 36.5 Å². The Morgan fingerprint density at radius 1 is 1.17 bits per heavy atom. The highest BCUT2D eigenvalue weighted by molar-refractivity contribution is 8.00. The second-order valence-corrected chi connectivity index (χ2v) is 8.11. The van der Waals surface area contributed by atoms with Crippen LogP contribution in [0.25, 0.3) is 10.9 Å². The number of rotatable bonds is 5. The lowest BCUT2D eigenvalue weighted by atomic mass is 10.2. The maximum absolute atomic E-state index is 12.6. The summed E-state index contributed by atoms with van der Waals surface area (Å²) in [5.74, 6) is -0.148. The van der Waals surface area contributed by atoms with Gasteiger partial charge in [-0.1, -0.05) is 23.9 Å². The maximum Gasteiger partial charge on any atom is 0.259 e. The monoisotopic (exact) mass is 410 g/mol. The lowest BCUT2D eigenvalue weighted by molar-refractivity contribution is -0.115. The number of aromatic amines is 1. The smallest absolute Gasteiger partial charge is 0.259 e. The van der Waals surface area contributed by atoms with Gasteiger partial charge in [-0.05, 0) is 43.3 Å². The number of nitrogens with one attached hydrogen (secondary N) is 2. The average molecular weight is 410 g/mol. The van der Waals surface area contributed by atoms with Crippen molar-refractivity contribution in [3.63, 3.8) is 0 Å². The van der Waals surface area contributed by atoms with Gasteiger partial charge in [0.1, 0.15) is 0 Å². The number of benzene rings is 2. The van der Waals surface area contributed by atoms with Crippen molar-refractivity contribution in [3.8, 4) is 0 Å². The third kappa shape index (κ3) is 4.60. The molecular weight excluding hydrogens is 388 g/mol. The zero-order chi connectivity index (χ0) is 20.2. The van der Waals surface area contributed by atoms with Gasteiger partial charge < -0.3 is 19.9 Å². The number of hydrogen-bond donors (Lipinski definition) is 2. The van der Waals surface area contributed by atoms with Crippen LogP contribution in [0.3, 0.4) is 0 Å². The Bertz CT molecular complexity index is 1060. The topological polar surface area (TPSA) is 87.3 Å². The van der Waals surface area contributed by atoms with Gasteiger partial charge in [0.05, 0.1) is 29.4 Å². The summed E-state index contributed by atoms with van der Waals surface area (Å²) in [6, 6.07) is 14.9. The average Bonchev–Trinajstić information content (AvgIpc) is 2.75. The quantitative estimate of drug-likeness (QED) is 0.497. The standard InChI is InChI=1S/C21H22N4O3S/c1-14(29-21-23-18-5-3-2-4-17(18)20(27)24-21)19(26)22-15-6-8-16(9-7-15)25-10-12-28-13-11-25/h2-9,14H,10-13H2,1H3,(H,22,26)(H,23,24,27). The number of ether oxygens (including phenoxy) is 1. The molecule has 1 unspecified atom stereocenters. The van der Waals surface area contributed by atoms with E-state index >= 15 is 0 Å². The summed E-state index contributed by atoms with van der Waals surface area (Å²) >= 11 is 1.22. The van der Waals surface area contributed by atoms with Crippen LogP contribution in [0.2, 0.25) is 0 Å². The summed E-state index contributed by atoms with van der Waals surface area (Å²) in [5.41, 5.74) is 2.26. The van der Waals surface area contributed by atoms with E-state index < -0.39 is 5.25 Å². The van der Waals surface area contributed by atoms with Crippen molar-refractivity contribution in [1.82, 2.24) is 9.97 Å². The third-order valence-corrected chi connectivity index (χ3v) is 5.74. The van der Waals surface area contributed by atoms with Crippen LogP contribution in [0.1, 0.15) is 6.92 Å². The molecule has 1 saturated heterocycles. The number of aromatic nitrogens is 2. The van der Waals surface area contributed by atoms with Gasteiger partial charge in [0.15, 0.2) is 5.16 Å². The highest BCUT2D eigenvalue weighted by atomic mass is 32.2. The molecule has 1 aromatic heterocycles. The van der Waals surface area contributed by atoms with Crippen molar-refractivity contribution in [2.24, 2.45) is 0 Å². The summed E-state index contributed by atoms with van der Waals surface area (Å²) in [5, 5.41) is 3.47. The van der Waals surface area contributed by atoms with E-state index in [1.807, 2.05) is 30.3 Å². The Morgan fingerprint density at radius 3 is 2.66 bits per heavy atom. The number of fused-ring (bicyclic) bond motifs is 1. The molecule has 1 aliphatic rings. The minimum Gasteiger partial charge on any atom is -0.378 e. The second-order valence-electron chi connectivity index (χ2n) is 6.78. The predicted molar refractivity (Wildman–Crippen MR) is 116 cm³/mol. The third-order valence-electron chi connectivity index (χ3n) is 4.76. The molecule has 1 aliphatic heterocycles. The number of morpholine rings is 1. The van der Waals surface area contributed by atoms with E-state index in [1.54, 1.807) is 25.1 Å². The molecule has 2 N–H and O–H groups in total. The van der Waals surface area contributed by atoms with Crippen molar-refractivity contribution >= 4 is 39.9 Å². The maximum atomic E-state index is 12.6. The normalized spacial score (nSPS) is 15.3. The highest BCUT2D eigenvalue weighted by Crippen LogP contribution is 2.23. The van der Waals surface area contributed by atoms with Crippen LogP contribution in [-0.4, -0.2) is 47.4 Å². The van der Waals surface area contributed by atoms with Gasteiger partial charge in [-0.15, -0.1) is 0 Å². The van der Waals surface area contributed by atoms with Gasteiger partial charge in [0.25, 0.3) is 5.56 Å². The Labute approximate surface area is 172 Å². The van der Waals surface area contributed by atoms with E-state index in [4.69, 9.17) is 4.74 Å². The summed E-state index contributed by atoms with van der Waals surface area (Å²) in [7, 11) is 0. The van der Waals surface area contributed by atoms with Gasteiger partial charge in [0.2, 0.25) is 5.91 Å². The number of nitrogens with zero attached hydrogens (tertiary/aromatic N) is 2. The fraction of sp³-hybridized carbons (Fsp3) is 0.286. The first-order chi connectivity index (χ1) is 14.1. The number of carbonyl (C=O) groups is 1. The Balaban J connectivity index is 1.40. The molecule has 4 rings (SSSR count). The van der Waals surface area contributed by atoms with Crippen LogP contribution in [0.5, 0.6) is 0 Å². The number of anilines is 2. The second kappa shape index (κ2) is 8.67. The Kier molecular flexibility index (Phi) is 5.82. The molecule has 0 aliphatic carbocycles. The summed E-state index contributed by atoms with van der Waals surface area (Å²) in [6.07, 6.45) is 0. The minimum atomic E-state index is -0.418. The van der Waals surface area contributed by atoms with Gasteiger partial charge in [-0.3, -0.25) is 9.59 Å². The lowest BCUT2D eigenvalue weighted by Gasteiger charge is -2.28. The zero-order valence-electron chi connectivity index (χ0n) is 16.1. The molecule has 7 nitrogen and oxygen atoms in total. The molecule has 29 heavy (non-hydrogen) atoms. The molecule has 1 fully saturated rings. The molecule has 2 aromatic carbocycles. The van der Waals surface area contributed by atoms with Gasteiger partial charge in [-0.25, -0.2) is 4.98 Å². The number of hydrogen-bond acceptors (Lipinski definition) is 6. The van der Waals surface area contributed by atoms with Crippen LogP contribution in [-0.2, 0) is 9.53 Å². The van der Waals surface area contributed by atoms with Crippen LogP contribution in [0.4, 0.5) is 11.4 Å². The van der Waals surface area contributed by atoms with E-state index in [9.17, 15) is 9.59 Å². The van der Waals surface area contributed by atoms with E-state index in [0.29, 0.717) is 16.1 Å². The molecule has 0 radical (unpaired) electrons. The van der Waals surface area contributed by atoms with Crippen LogP contribution in [0.15, 0.2) is 58.5 Å². The number of amides is 1. The van der Waals surface area contributed by atoms with E-state index in [2.05, 4.69) is 20.2 Å². The van der Waals surface area contributed by atoms with Crippen LogP contribution < -0.4 is 15.8 Å². The van der Waals surface area contributed by atoms with Gasteiger partial charge in [-0.2, -0.15) is 0 Å². The highest BCUT2D eigenvalue weighted by Gasteiger charge is 2.17. The minimum absolute atomic E-state index is 0.148. The molecule has 0 bridgehead atoms. The first-order valence-corrected chi connectivity index (χ1v) is 10.4. The van der Waals surface area contributed by atoms with E-state index in [-0.39, 0.29) is 11.5 Å². The SMILES string of the molecule is CC(Sc1nc2ccccc2c(=O)[nH]1)C(=O)Nc1ccc(N2CCOCC2)cc1. The Morgan fingerprint density at radius 2 is 1.90 bits per heavy atom. The first-order valence-electron chi connectivity index (χ1n) is 9.49. The molecule has 0 saturated carbocycles. The van der Waals surface area contributed by atoms with Crippen LogP contribution in [0, 0.1) is 0 Å². The molecule has 0 spiro atoms. The van der Waals surface area contributed by atoms with Crippen LogP contribution >= 0.6 is 11.8 Å². The molecule has 8 heteroatoms. The van der Waals surface area contributed by atoms with Gasteiger partial charge >= 0.3 is 0 Å². The number of H-pyrrole nitrogens is 1. The zero-order valence-corrected chi connectivity index (χ0v) is 16.9. The molecule has 2 heterocycles. The molecule has 150 valence electrons. The predicted octanol–water partition coefficient (Wildman–Crippen LogP) is 2.88. The fourth-order valence-corrected chi connectivity index (χ4v) is 3.97.